The summed E-state index contributed by atoms with van der Waals surface area (Å²) in [5, 5.41) is 6.27. The highest BCUT2D eigenvalue weighted by Gasteiger charge is 2.32. The Bertz CT molecular complexity index is 890. The Hall–Kier alpha value is -1.54. The molecule has 0 aliphatic heterocycles. The average molecular weight is 492 g/mol. The number of fused-ring (bicyclic) bond motifs is 2. The third kappa shape index (κ3) is 6.98. The van der Waals surface area contributed by atoms with E-state index in [1.165, 1.54) is 72.7 Å². The molecule has 1 aromatic heterocycles. The molecule has 0 bridgehead atoms. The molecule has 0 radical (unpaired) electrons. The molecule has 1 aromatic carbocycles. The molecule has 2 atom stereocenters. The first kappa shape index (κ1) is 27.7. The number of thiophene rings is 1. The van der Waals surface area contributed by atoms with Crippen LogP contribution in [0.2, 0.25) is 0 Å². The van der Waals surface area contributed by atoms with Gasteiger partial charge in [0.05, 0.1) is 15.0 Å². The van der Waals surface area contributed by atoms with Gasteiger partial charge < -0.3 is 16.4 Å². The third-order valence-corrected chi connectivity index (χ3v) is 8.89. The van der Waals surface area contributed by atoms with Gasteiger partial charge >= 0.3 is 0 Å². The van der Waals surface area contributed by atoms with Crippen LogP contribution in [-0.2, 0) is 41.3 Å². The summed E-state index contributed by atoms with van der Waals surface area (Å²) in [6.45, 7) is 4.00. The highest BCUT2D eigenvalue weighted by molar-refractivity contribution is 7.86. The average Bonchev–Trinajstić information content (AvgIpc) is 3.23. The Labute approximate surface area is 206 Å². The standard InChI is InChI=1S/C13H15NO.C10H15NOS2.C2H6.CH5N/c15-8-14-13-11-5-1-3-9(11)7-10-4-2-6-12(10)13;1-11-10(7-3-4-7)8-5-6-9(13-8)14(2)12;2*1-2/h7-8H,1-6H2,(H,14,15);5-7,10-11H,3-4H2,1-2H3;1-2H3;2H2,1H3. The zero-order valence-corrected chi connectivity index (χ0v) is 22.5. The Morgan fingerprint density at radius 1 is 1.06 bits per heavy atom. The van der Waals surface area contributed by atoms with E-state index in [4.69, 9.17) is 0 Å². The van der Waals surface area contributed by atoms with Crippen LogP contribution in [0.1, 0.15) is 72.7 Å². The summed E-state index contributed by atoms with van der Waals surface area (Å²) in [6, 6.07) is 6.96. The minimum absolute atomic E-state index is 0.484. The highest BCUT2D eigenvalue weighted by atomic mass is 32.2. The van der Waals surface area contributed by atoms with Crippen LogP contribution in [0, 0.1) is 5.92 Å². The molecule has 7 heteroatoms. The fourth-order valence-electron chi connectivity index (χ4n) is 4.75. The smallest absolute Gasteiger partial charge is 0.211 e. The number of hydrogen-bond acceptors (Lipinski definition) is 5. The Morgan fingerprint density at radius 3 is 2.06 bits per heavy atom. The molecule has 1 amide bonds. The van der Waals surface area contributed by atoms with Gasteiger partial charge in [-0.3, -0.25) is 9.00 Å². The van der Waals surface area contributed by atoms with Crippen molar-refractivity contribution < 1.29 is 9.00 Å². The predicted octanol–water partition coefficient (Wildman–Crippen LogP) is 4.99. The number of amides is 1. The van der Waals surface area contributed by atoms with Gasteiger partial charge in [-0.1, -0.05) is 19.9 Å². The summed E-state index contributed by atoms with van der Waals surface area (Å²) in [7, 11) is 2.68. The molecule has 5 nitrogen and oxygen atoms in total. The lowest BCUT2D eigenvalue weighted by atomic mass is 9.99. The molecule has 4 N–H and O–H groups in total. The van der Waals surface area contributed by atoms with Gasteiger partial charge in [-0.05, 0) is 106 Å². The van der Waals surface area contributed by atoms with Crippen molar-refractivity contribution in [1.82, 2.24) is 5.32 Å². The number of nitrogens with one attached hydrogen (secondary N) is 2. The van der Waals surface area contributed by atoms with Crippen molar-refractivity contribution >= 4 is 34.2 Å². The van der Waals surface area contributed by atoms with E-state index >= 15 is 0 Å². The zero-order valence-electron chi connectivity index (χ0n) is 20.8. The minimum Gasteiger partial charge on any atom is -0.333 e. The molecule has 184 valence electrons. The van der Waals surface area contributed by atoms with Crippen LogP contribution < -0.4 is 16.4 Å². The maximum Gasteiger partial charge on any atom is 0.211 e. The van der Waals surface area contributed by atoms with E-state index in [1.807, 2.05) is 27.0 Å². The van der Waals surface area contributed by atoms with E-state index in [-0.39, 0.29) is 0 Å². The molecular formula is C26H41N3O2S2. The summed E-state index contributed by atoms with van der Waals surface area (Å²) in [6.07, 6.45) is 12.4. The number of rotatable bonds is 6. The second kappa shape index (κ2) is 14.0. The first-order chi connectivity index (χ1) is 16.1. The second-order valence-electron chi connectivity index (χ2n) is 8.21. The lowest BCUT2D eigenvalue weighted by Crippen LogP contribution is -2.16. The van der Waals surface area contributed by atoms with Crippen LogP contribution in [-0.4, -0.2) is 31.0 Å². The molecule has 0 spiro atoms. The maximum absolute atomic E-state index is 11.3. The van der Waals surface area contributed by atoms with Gasteiger partial charge in [0.25, 0.3) is 0 Å². The molecule has 3 aliphatic carbocycles. The summed E-state index contributed by atoms with van der Waals surface area (Å²) < 4.78 is 12.2. The van der Waals surface area contributed by atoms with Crippen molar-refractivity contribution in [2.75, 3.05) is 25.7 Å². The minimum atomic E-state index is -0.829. The number of anilines is 1. The van der Waals surface area contributed by atoms with Crippen molar-refractivity contribution in [3.05, 3.63) is 45.3 Å². The Balaban J connectivity index is 0.000000204. The van der Waals surface area contributed by atoms with Crippen LogP contribution >= 0.6 is 11.3 Å². The third-order valence-electron chi connectivity index (χ3n) is 6.27. The number of carbonyl (C=O) groups is 1. The van der Waals surface area contributed by atoms with Gasteiger partial charge in [-0.15, -0.1) is 11.3 Å². The number of hydrogen-bond donors (Lipinski definition) is 3. The van der Waals surface area contributed by atoms with Crippen molar-refractivity contribution in [2.24, 2.45) is 11.7 Å². The van der Waals surface area contributed by atoms with Gasteiger partial charge in [0.1, 0.15) is 0 Å². The zero-order chi connectivity index (χ0) is 24.4. The summed E-state index contributed by atoms with van der Waals surface area (Å²) in [5.74, 6) is 0.803. The summed E-state index contributed by atoms with van der Waals surface area (Å²) in [4.78, 5) is 12.0. The highest BCUT2D eigenvalue weighted by Crippen LogP contribution is 2.43. The van der Waals surface area contributed by atoms with Crippen molar-refractivity contribution in [3.8, 4) is 0 Å². The molecule has 2 unspecified atom stereocenters. The molecular weight excluding hydrogens is 450 g/mol. The lowest BCUT2D eigenvalue weighted by Gasteiger charge is -2.13. The van der Waals surface area contributed by atoms with E-state index in [0.717, 1.165) is 35.1 Å². The number of carbonyl (C=O) groups excluding carboxylic acids is 1. The number of benzene rings is 1. The van der Waals surface area contributed by atoms with Gasteiger partial charge in [-0.2, -0.15) is 0 Å². The Kier molecular flexibility index (Phi) is 11.7. The molecule has 5 rings (SSSR count). The molecule has 33 heavy (non-hydrogen) atoms. The predicted molar refractivity (Wildman–Crippen MR) is 143 cm³/mol. The van der Waals surface area contributed by atoms with Gasteiger partial charge in [0.15, 0.2) is 0 Å². The van der Waals surface area contributed by atoms with E-state index < -0.39 is 10.8 Å². The summed E-state index contributed by atoms with van der Waals surface area (Å²) in [5.41, 5.74) is 11.4. The molecule has 1 fully saturated rings. The topological polar surface area (TPSA) is 84.2 Å². The summed E-state index contributed by atoms with van der Waals surface area (Å²) >= 11 is 1.68. The molecule has 0 saturated heterocycles. The van der Waals surface area contributed by atoms with E-state index in [2.05, 4.69) is 28.5 Å². The van der Waals surface area contributed by atoms with Crippen LogP contribution in [0.15, 0.2) is 22.4 Å². The van der Waals surface area contributed by atoms with Gasteiger partial charge in [-0.25, -0.2) is 0 Å². The van der Waals surface area contributed by atoms with Crippen molar-refractivity contribution in [3.63, 3.8) is 0 Å². The normalized spacial score (nSPS) is 17.0. The number of nitrogens with two attached hydrogens (primary N) is 1. The molecule has 1 heterocycles. The second-order valence-corrected chi connectivity index (χ2v) is 10.9. The van der Waals surface area contributed by atoms with E-state index in [0.29, 0.717) is 6.04 Å². The fourth-order valence-corrected chi connectivity index (χ4v) is 6.70. The van der Waals surface area contributed by atoms with Crippen LogP contribution in [0.5, 0.6) is 0 Å². The van der Waals surface area contributed by atoms with Gasteiger partial charge in [0, 0.05) is 22.9 Å². The lowest BCUT2D eigenvalue weighted by molar-refractivity contribution is -0.105. The van der Waals surface area contributed by atoms with Crippen LogP contribution in [0.3, 0.4) is 0 Å². The van der Waals surface area contributed by atoms with Gasteiger partial charge in [0.2, 0.25) is 6.41 Å². The first-order valence-corrected chi connectivity index (χ1v) is 14.5. The number of aryl methyl sites for hydroxylation is 2. The van der Waals surface area contributed by atoms with E-state index in [1.54, 1.807) is 17.6 Å². The fraction of sp³-hybridized carbons (Fsp3) is 0.577. The molecule has 2 aromatic rings. The van der Waals surface area contributed by atoms with E-state index in [9.17, 15) is 9.00 Å². The van der Waals surface area contributed by atoms with Crippen molar-refractivity contribution in [1.29, 1.82) is 0 Å². The van der Waals surface area contributed by atoms with Crippen LogP contribution in [0.4, 0.5) is 5.69 Å². The molecule has 3 aliphatic rings. The first-order valence-electron chi connectivity index (χ1n) is 12.2. The SMILES string of the molecule is CC.CN.CNC(c1ccc(S(C)=O)s1)C1CC1.O=CNc1c2c(cc3c1CCC3)CCC2. The molecule has 1 saturated carbocycles. The Morgan fingerprint density at radius 2 is 1.64 bits per heavy atom. The maximum atomic E-state index is 11.3. The van der Waals surface area contributed by atoms with Crippen molar-refractivity contribution in [2.45, 2.75) is 75.5 Å². The monoisotopic (exact) mass is 491 g/mol. The van der Waals surface area contributed by atoms with Crippen LogP contribution in [0.25, 0.3) is 0 Å². The quantitative estimate of drug-likeness (QED) is 0.497. The largest absolute Gasteiger partial charge is 0.333 e.